The third kappa shape index (κ3) is 27.2. The second-order valence-electron chi connectivity index (χ2n) is 30.5. The standard InChI is InChI=1S/3C14H22.C11H24.C10H24Si.3C2H6/c1-13(2,3)11-7-9-12(10-8-11)14(4,5)6;1-13(2,3)11-8-7-9-12(10-11)14(4,5)6;1-13(2,3)11-9-7-8-10-12(11)14(4,5)6;2*1-9(2,3)11(7,8)10(4,5)6;3*1-2/h3*7-10H,1-6H3;2*1-8H3;3*1-2H3. The van der Waals surface area contributed by atoms with Crippen molar-refractivity contribution in [1.29, 1.82) is 0 Å². The quantitative estimate of drug-likeness (QED) is 0.197. The van der Waals surface area contributed by atoms with Crippen molar-refractivity contribution < 1.29 is 0 Å². The molecule has 3 aromatic carbocycles. The molecular formula is C69H132Si. The minimum Gasteiger partial charge on any atom is -0.0686 e. The van der Waals surface area contributed by atoms with Crippen molar-refractivity contribution in [2.75, 3.05) is 0 Å². The Kier molecular flexibility index (Phi) is 31.9. The van der Waals surface area contributed by atoms with Gasteiger partial charge in [0.15, 0.2) is 0 Å². The second kappa shape index (κ2) is 29.1. The maximum absolute atomic E-state index is 2.49. The molecule has 0 aromatic heterocycles. The highest BCUT2D eigenvalue weighted by Crippen LogP contribution is 2.51. The molecule has 412 valence electrons. The summed E-state index contributed by atoms with van der Waals surface area (Å²) in [6, 6.07) is 26.7. The smallest absolute Gasteiger partial charge is 0.0581 e. The van der Waals surface area contributed by atoms with E-state index in [2.05, 4.69) is 307 Å². The van der Waals surface area contributed by atoms with Gasteiger partial charge in [0, 0.05) is 0 Å². The zero-order valence-electron chi connectivity index (χ0n) is 55.9. The molecule has 0 heterocycles. The number of rotatable bonds is 0. The van der Waals surface area contributed by atoms with Gasteiger partial charge >= 0.3 is 0 Å². The van der Waals surface area contributed by atoms with E-state index in [1.807, 2.05) is 41.5 Å². The van der Waals surface area contributed by atoms with Crippen LogP contribution in [0.25, 0.3) is 0 Å². The number of hydrogen-bond acceptors (Lipinski definition) is 0. The molecule has 0 aliphatic heterocycles. The van der Waals surface area contributed by atoms with Crippen LogP contribution in [0.3, 0.4) is 0 Å². The van der Waals surface area contributed by atoms with Gasteiger partial charge in [-0.15, -0.1) is 0 Å². The SMILES string of the molecule is CC.CC.CC.CC(C)(C)C(C)(C)C(C)(C)C.CC(C)(C)[Si](C)(C)C(C)(C)C.CC(C)(C)c1ccc(C(C)(C)C)cc1.CC(C)(C)c1cccc(C(C)(C)C)c1.CC(C)(C)c1ccccc1C(C)(C)C. The lowest BCUT2D eigenvalue weighted by Gasteiger charge is -2.49. The van der Waals surface area contributed by atoms with Crippen molar-refractivity contribution in [1.82, 2.24) is 0 Å². The van der Waals surface area contributed by atoms with Gasteiger partial charge in [-0.05, 0) is 92.2 Å². The zero-order chi connectivity index (χ0) is 57.9. The molecule has 0 unspecified atom stereocenters. The van der Waals surface area contributed by atoms with Crippen LogP contribution in [0.4, 0.5) is 0 Å². The molecule has 0 nitrogen and oxygen atoms in total. The van der Waals surface area contributed by atoms with Crippen LogP contribution in [0, 0.1) is 16.2 Å². The summed E-state index contributed by atoms with van der Waals surface area (Å²) >= 11 is 0. The largest absolute Gasteiger partial charge is 0.0686 e. The maximum atomic E-state index is 2.49. The van der Waals surface area contributed by atoms with Gasteiger partial charge in [-0.3, -0.25) is 0 Å². The Morgan fingerprint density at radius 2 is 0.471 bits per heavy atom. The Bertz CT molecular complexity index is 1620. The lowest BCUT2D eigenvalue weighted by Crippen LogP contribution is -2.45. The third-order valence-electron chi connectivity index (χ3n) is 15.3. The van der Waals surface area contributed by atoms with Gasteiger partial charge in [0.2, 0.25) is 0 Å². The van der Waals surface area contributed by atoms with Gasteiger partial charge in [-0.1, -0.05) is 349 Å². The first-order valence-electron chi connectivity index (χ1n) is 28.0. The van der Waals surface area contributed by atoms with Crippen molar-refractivity contribution in [3.63, 3.8) is 0 Å². The van der Waals surface area contributed by atoms with E-state index in [-0.39, 0.29) is 32.5 Å². The topological polar surface area (TPSA) is 0 Å². The minimum absolute atomic E-state index is 0.240. The first-order chi connectivity index (χ1) is 30.6. The Morgan fingerprint density at radius 1 is 0.257 bits per heavy atom. The van der Waals surface area contributed by atoms with Gasteiger partial charge in [0.1, 0.15) is 0 Å². The van der Waals surface area contributed by atoms with E-state index < -0.39 is 8.07 Å². The lowest BCUT2D eigenvalue weighted by molar-refractivity contribution is 0.00575. The van der Waals surface area contributed by atoms with Crippen molar-refractivity contribution in [3.05, 3.63) is 106 Å². The number of hydrogen-bond donors (Lipinski definition) is 0. The Morgan fingerprint density at radius 3 is 0.600 bits per heavy atom. The molecule has 0 radical (unpaired) electrons. The van der Waals surface area contributed by atoms with Crippen LogP contribution in [-0.4, -0.2) is 8.07 Å². The third-order valence-corrected chi connectivity index (χ3v) is 22.8. The molecular weight excluding hydrogens is 857 g/mol. The van der Waals surface area contributed by atoms with Gasteiger partial charge in [-0.2, -0.15) is 0 Å². The highest BCUT2D eigenvalue weighted by atomic mass is 28.3. The molecule has 0 fully saturated rings. The van der Waals surface area contributed by atoms with E-state index in [4.69, 9.17) is 0 Å². The molecule has 70 heavy (non-hydrogen) atoms. The van der Waals surface area contributed by atoms with Crippen molar-refractivity contribution in [2.45, 2.75) is 319 Å². The Hall–Kier alpha value is -2.12. The molecule has 0 saturated heterocycles. The highest BCUT2D eigenvalue weighted by Gasteiger charge is 2.44. The fraction of sp³-hybridized carbons (Fsp3) is 0.739. The fourth-order valence-corrected chi connectivity index (χ4v) is 9.21. The van der Waals surface area contributed by atoms with Crippen molar-refractivity contribution >= 4 is 8.07 Å². The van der Waals surface area contributed by atoms with Crippen LogP contribution < -0.4 is 0 Å². The molecule has 0 saturated carbocycles. The zero-order valence-corrected chi connectivity index (χ0v) is 56.9. The Balaban J connectivity index is -0.000000246. The maximum Gasteiger partial charge on any atom is 0.0581 e. The second-order valence-corrected chi connectivity index (χ2v) is 36.7. The average Bonchev–Trinajstić information content (AvgIpc) is 3.18. The van der Waals surface area contributed by atoms with E-state index in [9.17, 15) is 0 Å². The highest BCUT2D eigenvalue weighted by molar-refractivity contribution is 6.82. The molecule has 1 heteroatoms. The summed E-state index contributed by atoms with van der Waals surface area (Å²) in [5.41, 5.74) is 11.2. The van der Waals surface area contributed by atoms with Gasteiger partial charge in [0.25, 0.3) is 0 Å². The summed E-state index contributed by atoms with van der Waals surface area (Å²) in [6.07, 6.45) is 0. The van der Waals surface area contributed by atoms with Crippen LogP contribution in [0.2, 0.25) is 23.2 Å². The summed E-state index contributed by atoms with van der Waals surface area (Å²) in [4.78, 5) is 0. The molecule has 3 aromatic rings. The van der Waals surface area contributed by atoms with Crippen molar-refractivity contribution in [2.24, 2.45) is 16.2 Å². The lowest BCUT2D eigenvalue weighted by atomic mass is 9.56. The molecule has 0 bridgehead atoms. The monoisotopic (exact) mass is 989 g/mol. The van der Waals surface area contributed by atoms with Crippen LogP contribution in [-0.2, 0) is 32.5 Å². The van der Waals surface area contributed by atoms with Gasteiger partial charge < -0.3 is 0 Å². The first kappa shape index (κ1) is 76.8. The minimum atomic E-state index is -1.11. The van der Waals surface area contributed by atoms with Crippen LogP contribution in [0.1, 0.15) is 296 Å². The summed E-state index contributed by atoms with van der Waals surface area (Å²) in [5, 5.41) is 1.04. The predicted molar refractivity (Wildman–Crippen MR) is 335 cm³/mol. The fourth-order valence-electron chi connectivity index (χ4n) is 6.96. The summed E-state index contributed by atoms with van der Waals surface area (Å²) in [5.74, 6) is 0. The molecule has 0 amide bonds. The summed E-state index contributed by atoms with van der Waals surface area (Å²) < 4.78 is 0. The molecule has 0 aliphatic rings. The Labute approximate surface area is 447 Å². The normalized spacial score (nSPS) is 12.9. The molecule has 3 rings (SSSR count). The molecule has 0 spiro atoms. The summed E-state index contributed by atoms with van der Waals surface area (Å²) in [7, 11) is -1.11. The molecule has 0 N–H and O–H groups in total. The van der Waals surface area contributed by atoms with E-state index in [0.29, 0.717) is 26.3 Å². The predicted octanol–water partition coefficient (Wildman–Crippen LogP) is 24.3. The summed E-state index contributed by atoms with van der Waals surface area (Å²) in [6.45, 7) is 90.6. The van der Waals surface area contributed by atoms with E-state index in [0.717, 1.165) is 0 Å². The van der Waals surface area contributed by atoms with Gasteiger partial charge in [0.05, 0.1) is 8.07 Å². The average molecular weight is 990 g/mol. The first-order valence-corrected chi connectivity index (χ1v) is 31.0. The van der Waals surface area contributed by atoms with Crippen LogP contribution in [0.5, 0.6) is 0 Å². The van der Waals surface area contributed by atoms with Crippen LogP contribution in [0.15, 0.2) is 72.8 Å². The van der Waals surface area contributed by atoms with Crippen molar-refractivity contribution in [3.8, 4) is 0 Å². The van der Waals surface area contributed by atoms with Crippen LogP contribution >= 0.6 is 0 Å². The molecule has 0 aliphatic carbocycles. The molecule has 0 atom stereocenters. The van der Waals surface area contributed by atoms with E-state index >= 15 is 0 Å². The number of benzene rings is 3. The van der Waals surface area contributed by atoms with E-state index in [1.54, 1.807) is 0 Å². The van der Waals surface area contributed by atoms with E-state index in [1.165, 1.54) is 33.4 Å². The van der Waals surface area contributed by atoms with Gasteiger partial charge in [-0.25, -0.2) is 0 Å².